The molecule has 3 rings (SSSR count). The molecule has 100 valence electrons. The minimum atomic E-state index is 0.656. The summed E-state index contributed by atoms with van der Waals surface area (Å²) in [6.45, 7) is 3.63. The first-order valence-corrected chi connectivity index (χ1v) is 6.78. The van der Waals surface area contributed by atoms with E-state index in [0.717, 1.165) is 26.3 Å². The van der Waals surface area contributed by atoms with Crippen LogP contribution in [0.25, 0.3) is 0 Å². The second kappa shape index (κ2) is 5.89. The zero-order valence-electron chi connectivity index (χ0n) is 11.0. The van der Waals surface area contributed by atoms with E-state index in [1.165, 1.54) is 17.7 Å². The first kappa shape index (κ1) is 12.2. The normalized spacial score (nSPS) is 18.6. The molecular weight excluding hydrogens is 238 g/mol. The van der Waals surface area contributed by atoms with Crippen LogP contribution >= 0.6 is 0 Å². The van der Waals surface area contributed by atoms with Crippen molar-refractivity contribution in [1.29, 1.82) is 0 Å². The van der Waals surface area contributed by atoms with Crippen LogP contribution in [-0.2, 0) is 11.3 Å². The highest BCUT2D eigenvalue weighted by molar-refractivity contribution is 5.44. The molecule has 1 atom stereocenters. The first-order chi connectivity index (χ1) is 9.40. The van der Waals surface area contributed by atoms with E-state index in [4.69, 9.17) is 4.74 Å². The van der Waals surface area contributed by atoms with Crippen LogP contribution in [0.3, 0.4) is 0 Å². The topological polar surface area (TPSA) is 39.1 Å². The molecule has 1 saturated heterocycles. The van der Waals surface area contributed by atoms with E-state index in [9.17, 15) is 0 Å². The molecule has 0 bridgehead atoms. The Bertz CT molecular complexity index is 487. The maximum absolute atomic E-state index is 5.37. The highest BCUT2D eigenvalue weighted by atomic mass is 16.5. The van der Waals surface area contributed by atoms with Crippen molar-refractivity contribution in [3.05, 3.63) is 48.3 Å². The Balaban J connectivity index is 1.53. The van der Waals surface area contributed by atoms with E-state index in [1.807, 2.05) is 16.9 Å². The Morgan fingerprint density at radius 1 is 1.32 bits per heavy atom. The molecule has 4 nitrogen and oxygen atoms in total. The number of hydrogen-bond acceptors (Lipinski definition) is 3. The Morgan fingerprint density at radius 2 is 2.21 bits per heavy atom. The largest absolute Gasteiger partial charge is 0.385 e. The molecule has 1 N–H and O–H groups in total. The number of anilines is 1. The third-order valence-electron chi connectivity index (χ3n) is 3.48. The Hall–Kier alpha value is -1.81. The second-order valence-electron chi connectivity index (χ2n) is 5.01. The van der Waals surface area contributed by atoms with Crippen LogP contribution in [0.5, 0.6) is 0 Å². The zero-order chi connectivity index (χ0) is 12.9. The molecule has 0 saturated carbocycles. The van der Waals surface area contributed by atoms with Crippen molar-refractivity contribution in [3.63, 3.8) is 0 Å². The fraction of sp³-hybridized carbons (Fsp3) is 0.400. The molecule has 1 aliphatic heterocycles. The predicted molar refractivity (Wildman–Crippen MR) is 75.2 cm³/mol. The van der Waals surface area contributed by atoms with Crippen molar-refractivity contribution < 1.29 is 4.74 Å². The van der Waals surface area contributed by atoms with Crippen LogP contribution in [-0.4, -0.2) is 29.5 Å². The Labute approximate surface area is 113 Å². The Kier molecular flexibility index (Phi) is 3.79. The molecule has 1 aliphatic rings. The average Bonchev–Trinajstić information content (AvgIpc) is 3.11. The van der Waals surface area contributed by atoms with Gasteiger partial charge in [-0.3, -0.25) is 4.68 Å². The summed E-state index contributed by atoms with van der Waals surface area (Å²) in [4.78, 5) is 0. The van der Waals surface area contributed by atoms with Gasteiger partial charge in [0.05, 0.1) is 13.2 Å². The molecular formula is C15H19N3O. The second-order valence-corrected chi connectivity index (χ2v) is 5.01. The maximum Gasteiger partial charge on any atom is 0.0659 e. The number of aromatic nitrogens is 2. The van der Waals surface area contributed by atoms with Gasteiger partial charge in [-0.1, -0.05) is 12.1 Å². The summed E-state index contributed by atoms with van der Waals surface area (Å²) >= 11 is 0. The van der Waals surface area contributed by atoms with Crippen LogP contribution in [0.4, 0.5) is 5.69 Å². The molecule has 1 aromatic heterocycles. The minimum absolute atomic E-state index is 0.656. The fourth-order valence-electron chi connectivity index (χ4n) is 2.32. The summed E-state index contributed by atoms with van der Waals surface area (Å²) in [6.07, 6.45) is 4.95. The van der Waals surface area contributed by atoms with Crippen LogP contribution in [0.1, 0.15) is 12.0 Å². The molecule has 0 amide bonds. The van der Waals surface area contributed by atoms with E-state index < -0.39 is 0 Å². The minimum Gasteiger partial charge on any atom is -0.385 e. The van der Waals surface area contributed by atoms with Gasteiger partial charge in [-0.05, 0) is 30.2 Å². The molecule has 2 aromatic rings. The van der Waals surface area contributed by atoms with Gasteiger partial charge in [-0.15, -0.1) is 0 Å². The highest BCUT2D eigenvalue weighted by Gasteiger charge is 2.14. The third-order valence-corrected chi connectivity index (χ3v) is 3.48. The predicted octanol–water partition coefficient (Wildman–Crippen LogP) is 2.38. The van der Waals surface area contributed by atoms with E-state index in [0.29, 0.717) is 5.92 Å². The van der Waals surface area contributed by atoms with Gasteiger partial charge in [0.15, 0.2) is 0 Å². The van der Waals surface area contributed by atoms with Gasteiger partial charge in [-0.2, -0.15) is 5.10 Å². The highest BCUT2D eigenvalue weighted by Crippen LogP contribution is 2.15. The molecule has 1 aromatic carbocycles. The van der Waals surface area contributed by atoms with Crippen molar-refractivity contribution in [2.45, 2.75) is 13.0 Å². The maximum atomic E-state index is 5.37. The monoisotopic (exact) mass is 257 g/mol. The van der Waals surface area contributed by atoms with Crippen molar-refractivity contribution in [3.8, 4) is 0 Å². The molecule has 2 heterocycles. The van der Waals surface area contributed by atoms with E-state index in [2.05, 4.69) is 34.7 Å². The lowest BCUT2D eigenvalue weighted by atomic mass is 10.1. The molecule has 1 unspecified atom stereocenters. The quantitative estimate of drug-likeness (QED) is 0.894. The van der Waals surface area contributed by atoms with Gasteiger partial charge in [0, 0.05) is 37.2 Å². The number of nitrogens with one attached hydrogen (secondary N) is 1. The van der Waals surface area contributed by atoms with E-state index in [1.54, 1.807) is 6.20 Å². The summed E-state index contributed by atoms with van der Waals surface area (Å²) in [5, 5.41) is 7.68. The summed E-state index contributed by atoms with van der Waals surface area (Å²) in [5.41, 5.74) is 2.44. The molecule has 19 heavy (non-hydrogen) atoms. The van der Waals surface area contributed by atoms with Crippen molar-refractivity contribution in [2.24, 2.45) is 5.92 Å². The van der Waals surface area contributed by atoms with Crippen LogP contribution in [0.2, 0.25) is 0 Å². The van der Waals surface area contributed by atoms with Crippen LogP contribution in [0.15, 0.2) is 42.7 Å². The smallest absolute Gasteiger partial charge is 0.0659 e. The van der Waals surface area contributed by atoms with Gasteiger partial charge in [0.1, 0.15) is 0 Å². The lowest BCUT2D eigenvalue weighted by molar-refractivity contribution is 0.187. The standard InChI is InChI=1S/C15H19N3O/c1-7-17-18(8-1)11-13-2-4-15(5-3-13)16-10-14-6-9-19-12-14/h1-5,7-8,14,16H,6,9-12H2. The molecule has 0 radical (unpaired) electrons. The number of rotatable bonds is 5. The van der Waals surface area contributed by atoms with E-state index in [-0.39, 0.29) is 0 Å². The van der Waals surface area contributed by atoms with Gasteiger partial charge in [-0.25, -0.2) is 0 Å². The van der Waals surface area contributed by atoms with E-state index >= 15 is 0 Å². The number of ether oxygens (including phenoxy) is 1. The van der Waals surface area contributed by atoms with Gasteiger partial charge in [0.2, 0.25) is 0 Å². The third kappa shape index (κ3) is 3.35. The van der Waals surface area contributed by atoms with Crippen molar-refractivity contribution in [1.82, 2.24) is 9.78 Å². The zero-order valence-corrected chi connectivity index (χ0v) is 11.0. The SMILES string of the molecule is c1cnn(Cc2ccc(NCC3CCOC3)cc2)c1. The number of hydrogen-bond donors (Lipinski definition) is 1. The molecule has 0 aliphatic carbocycles. The number of benzene rings is 1. The van der Waals surface area contributed by atoms with Gasteiger partial charge in [0.25, 0.3) is 0 Å². The first-order valence-electron chi connectivity index (χ1n) is 6.78. The summed E-state index contributed by atoms with van der Waals surface area (Å²) in [5.74, 6) is 0.656. The van der Waals surface area contributed by atoms with Crippen LogP contribution < -0.4 is 5.32 Å². The fourth-order valence-corrected chi connectivity index (χ4v) is 2.32. The summed E-state index contributed by atoms with van der Waals surface area (Å²) in [7, 11) is 0. The average molecular weight is 257 g/mol. The van der Waals surface area contributed by atoms with Gasteiger partial charge < -0.3 is 10.1 Å². The Morgan fingerprint density at radius 3 is 2.89 bits per heavy atom. The molecule has 0 spiro atoms. The lowest BCUT2D eigenvalue weighted by Crippen LogP contribution is -2.14. The summed E-state index contributed by atoms with van der Waals surface area (Å²) in [6, 6.07) is 10.5. The van der Waals surface area contributed by atoms with Gasteiger partial charge >= 0.3 is 0 Å². The summed E-state index contributed by atoms with van der Waals surface area (Å²) < 4.78 is 7.30. The van der Waals surface area contributed by atoms with Crippen LogP contribution in [0, 0.1) is 5.92 Å². The number of nitrogens with zero attached hydrogens (tertiary/aromatic N) is 2. The van der Waals surface area contributed by atoms with Crippen molar-refractivity contribution in [2.75, 3.05) is 25.1 Å². The molecule has 1 fully saturated rings. The van der Waals surface area contributed by atoms with Crippen molar-refractivity contribution >= 4 is 5.69 Å². The lowest BCUT2D eigenvalue weighted by Gasteiger charge is -2.11. The molecule has 4 heteroatoms.